The van der Waals surface area contributed by atoms with Crippen LogP contribution in [-0.4, -0.2) is 89.3 Å². The molecular weight excluding hydrogens is 674 g/mol. The number of nitrogens with zero attached hydrogens (tertiary/aromatic N) is 8. The number of pyridine rings is 2. The van der Waals surface area contributed by atoms with Crippen LogP contribution >= 0.6 is 15.9 Å². The van der Waals surface area contributed by atoms with Gasteiger partial charge in [0.15, 0.2) is 5.78 Å². The summed E-state index contributed by atoms with van der Waals surface area (Å²) in [5.41, 5.74) is 2.75. The van der Waals surface area contributed by atoms with Crippen molar-refractivity contribution < 1.29 is 14.4 Å². The molecule has 0 aromatic carbocycles. The first-order valence-corrected chi connectivity index (χ1v) is 17.2. The van der Waals surface area contributed by atoms with Gasteiger partial charge in [-0.2, -0.15) is 5.10 Å². The summed E-state index contributed by atoms with van der Waals surface area (Å²) in [6, 6.07) is 4.72. The Labute approximate surface area is 287 Å². The highest BCUT2D eigenvalue weighted by Crippen LogP contribution is 2.50. The molecule has 2 amide bonds. The summed E-state index contributed by atoms with van der Waals surface area (Å²) in [4.78, 5) is 63.1. The van der Waals surface area contributed by atoms with E-state index in [0.717, 1.165) is 50.8 Å². The molecular formula is C35H38BrN9O3. The third-order valence-electron chi connectivity index (χ3n) is 9.82. The van der Waals surface area contributed by atoms with Crippen LogP contribution in [0.4, 0.5) is 5.82 Å². The number of ketones is 1. The summed E-state index contributed by atoms with van der Waals surface area (Å²) < 4.78 is 2.16. The lowest BCUT2D eigenvalue weighted by Gasteiger charge is -2.43. The smallest absolute Gasteiger partial charge is 0.248 e. The molecule has 248 valence electrons. The van der Waals surface area contributed by atoms with E-state index in [1.165, 1.54) is 11.6 Å². The van der Waals surface area contributed by atoms with Gasteiger partial charge in [0.2, 0.25) is 11.8 Å². The molecule has 3 atom stereocenters. The Hall–Kier alpha value is -4.36. The number of Topliss-reactive ketones (excluding diaryl/α,β-unsaturated/α-hetero) is 1. The van der Waals surface area contributed by atoms with Crippen molar-refractivity contribution in [3.8, 4) is 11.3 Å². The lowest BCUT2D eigenvalue weighted by atomic mass is 9.71. The Morgan fingerprint density at radius 2 is 1.88 bits per heavy atom. The quantitative estimate of drug-likeness (QED) is 0.180. The number of fused-ring (bicyclic) bond motifs is 3. The summed E-state index contributed by atoms with van der Waals surface area (Å²) >= 11 is 3.46. The fourth-order valence-corrected chi connectivity index (χ4v) is 7.68. The highest BCUT2D eigenvalue weighted by Gasteiger charge is 2.58. The molecule has 4 aromatic heterocycles. The van der Waals surface area contributed by atoms with Gasteiger partial charge in [-0.05, 0) is 79.8 Å². The summed E-state index contributed by atoms with van der Waals surface area (Å²) in [5, 5.41) is 8.28. The van der Waals surface area contributed by atoms with E-state index < -0.39 is 6.04 Å². The number of amides is 2. The zero-order chi connectivity index (χ0) is 33.6. The van der Waals surface area contributed by atoms with Crippen molar-refractivity contribution in [2.24, 2.45) is 5.41 Å². The summed E-state index contributed by atoms with van der Waals surface area (Å²) in [6.45, 7) is 4.81. The third kappa shape index (κ3) is 6.05. The molecule has 2 aliphatic heterocycles. The zero-order valence-corrected chi connectivity index (χ0v) is 28.9. The number of anilines is 1. The minimum absolute atomic E-state index is 0.154. The van der Waals surface area contributed by atoms with Crippen LogP contribution in [0.25, 0.3) is 22.2 Å². The maximum atomic E-state index is 14.4. The van der Waals surface area contributed by atoms with Gasteiger partial charge in [0.05, 0.1) is 23.4 Å². The first-order valence-electron chi connectivity index (χ1n) is 16.4. The van der Waals surface area contributed by atoms with Gasteiger partial charge in [-0.1, -0.05) is 31.1 Å². The van der Waals surface area contributed by atoms with E-state index in [0.29, 0.717) is 44.8 Å². The summed E-state index contributed by atoms with van der Waals surface area (Å²) in [7, 11) is 2.12. The highest BCUT2D eigenvalue weighted by atomic mass is 79.9. The van der Waals surface area contributed by atoms with Crippen LogP contribution in [0.5, 0.6) is 0 Å². The van der Waals surface area contributed by atoms with Crippen LogP contribution in [0.1, 0.15) is 60.9 Å². The second-order valence-corrected chi connectivity index (χ2v) is 14.1. The van der Waals surface area contributed by atoms with Crippen LogP contribution in [0.15, 0.2) is 53.5 Å². The lowest BCUT2D eigenvalue weighted by molar-refractivity contribution is -0.139. The van der Waals surface area contributed by atoms with Gasteiger partial charge in [0.1, 0.15) is 34.5 Å². The predicted molar refractivity (Wildman–Crippen MR) is 184 cm³/mol. The molecule has 0 saturated carbocycles. The number of aromatic nitrogens is 6. The molecule has 12 nitrogen and oxygen atoms in total. The molecule has 13 heteroatoms. The monoisotopic (exact) mass is 711 g/mol. The Balaban J connectivity index is 1.22. The Morgan fingerprint density at radius 1 is 1.08 bits per heavy atom. The fraction of sp³-hybridized carbons (Fsp3) is 0.429. The Kier molecular flexibility index (Phi) is 8.67. The van der Waals surface area contributed by atoms with Gasteiger partial charge >= 0.3 is 0 Å². The molecule has 1 aliphatic carbocycles. The molecule has 7 rings (SSSR count). The molecule has 0 unspecified atom stereocenters. The SMILES string of the molecule is CC(=O)c1nn(CC(=O)N2[C@H]3C[C@]4(C=C[C@@H]24)CN(C)CCCCCCc2ccc(Br)nc2NC3=O)c2cnc(-c3cnc(C)nc3)cc12. The second-order valence-electron chi connectivity index (χ2n) is 13.3. The molecule has 6 heterocycles. The number of halogens is 1. The average Bonchev–Trinajstić information content (AvgIpc) is 3.51. The fourth-order valence-electron chi connectivity index (χ4n) is 7.38. The molecule has 2 bridgehead atoms. The van der Waals surface area contributed by atoms with Gasteiger partial charge in [-0.15, -0.1) is 0 Å². The van der Waals surface area contributed by atoms with Gasteiger partial charge < -0.3 is 15.1 Å². The van der Waals surface area contributed by atoms with Crippen molar-refractivity contribution in [2.75, 3.05) is 25.5 Å². The van der Waals surface area contributed by atoms with E-state index in [4.69, 9.17) is 0 Å². The van der Waals surface area contributed by atoms with Gasteiger partial charge in [-0.25, -0.2) is 15.0 Å². The first kappa shape index (κ1) is 32.2. The lowest BCUT2D eigenvalue weighted by Crippen LogP contribution is -2.53. The van der Waals surface area contributed by atoms with Crippen LogP contribution in [0, 0.1) is 12.3 Å². The molecule has 48 heavy (non-hydrogen) atoms. The predicted octanol–water partition coefficient (Wildman–Crippen LogP) is 4.77. The maximum absolute atomic E-state index is 14.4. The highest BCUT2D eigenvalue weighted by molar-refractivity contribution is 9.10. The molecule has 3 aliphatic rings. The van der Waals surface area contributed by atoms with E-state index in [2.05, 4.69) is 64.3 Å². The minimum Gasteiger partial charge on any atom is -0.322 e. The maximum Gasteiger partial charge on any atom is 0.248 e. The number of likely N-dealkylation sites (tertiary alicyclic amines) is 1. The van der Waals surface area contributed by atoms with Crippen LogP contribution in [-0.2, 0) is 22.6 Å². The molecule has 1 saturated heterocycles. The van der Waals surface area contributed by atoms with Crippen LogP contribution in [0.2, 0.25) is 0 Å². The van der Waals surface area contributed by atoms with E-state index in [1.807, 2.05) is 18.2 Å². The van der Waals surface area contributed by atoms with Crippen molar-refractivity contribution in [2.45, 2.75) is 71.0 Å². The zero-order valence-electron chi connectivity index (χ0n) is 27.3. The van der Waals surface area contributed by atoms with Crippen molar-refractivity contribution in [3.63, 3.8) is 0 Å². The van der Waals surface area contributed by atoms with Gasteiger partial charge in [-0.3, -0.25) is 24.0 Å². The normalized spacial score (nSPS) is 23.1. The summed E-state index contributed by atoms with van der Waals surface area (Å²) in [6.07, 6.45) is 14.8. The number of carbonyl (C=O) groups excluding carboxylic acids is 3. The molecule has 1 fully saturated rings. The third-order valence-corrected chi connectivity index (χ3v) is 10.3. The second kappa shape index (κ2) is 12.9. The molecule has 0 radical (unpaired) electrons. The summed E-state index contributed by atoms with van der Waals surface area (Å²) in [5.74, 6) is 0.429. The van der Waals surface area contributed by atoms with Gasteiger partial charge in [0.25, 0.3) is 0 Å². The van der Waals surface area contributed by atoms with Crippen LogP contribution in [0.3, 0.4) is 0 Å². The number of aryl methyl sites for hydroxylation is 2. The van der Waals surface area contributed by atoms with E-state index >= 15 is 0 Å². The standard InChI is InChI=1S/C35H38BrN9O3/c1-21(46)32-25-14-26(24-16-37-22(2)38-17-24)39-18-28(25)44(42-32)19-31(47)45-27-15-35(12-11-29(35)45)20-43(3)13-7-5-4-6-8-23-9-10-30(36)40-33(23)41-34(27)48/h9-12,14,16-18,27,29H,4-8,13,15,19-20H2,1-3H3,(H,40,41,48)/t27-,29+,35+/m0/s1. The number of rotatable bonds is 4. The van der Waals surface area contributed by atoms with Crippen molar-refractivity contribution >= 4 is 50.2 Å². The Bertz CT molecular complexity index is 1940. The molecule has 4 aromatic rings. The average molecular weight is 713 g/mol. The van der Waals surface area contributed by atoms with Crippen molar-refractivity contribution in [1.82, 2.24) is 39.5 Å². The van der Waals surface area contributed by atoms with Crippen LogP contribution < -0.4 is 5.32 Å². The Morgan fingerprint density at radius 3 is 2.62 bits per heavy atom. The molecule has 1 N–H and O–H groups in total. The van der Waals surface area contributed by atoms with Gasteiger partial charge in [0, 0.05) is 42.2 Å². The number of nitrogens with one attached hydrogen (secondary N) is 1. The van der Waals surface area contributed by atoms with E-state index in [1.54, 1.807) is 36.5 Å². The minimum atomic E-state index is -0.718. The van der Waals surface area contributed by atoms with E-state index in [-0.39, 0.29) is 41.3 Å². The topological polar surface area (TPSA) is 139 Å². The van der Waals surface area contributed by atoms with E-state index in [9.17, 15) is 14.4 Å². The number of hydrogen-bond acceptors (Lipinski definition) is 9. The van der Waals surface area contributed by atoms with Crippen molar-refractivity contribution in [1.29, 1.82) is 0 Å². The number of hydrogen-bond donors (Lipinski definition) is 1. The van der Waals surface area contributed by atoms with Crippen molar-refractivity contribution in [3.05, 3.63) is 70.6 Å². The molecule has 1 spiro atoms. The first-order chi connectivity index (χ1) is 23.1. The largest absolute Gasteiger partial charge is 0.322 e. The number of carbonyl (C=O) groups is 3.